The fourth-order valence-corrected chi connectivity index (χ4v) is 4.29. The van der Waals surface area contributed by atoms with E-state index in [1.807, 2.05) is 13.8 Å². The van der Waals surface area contributed by atoms with Crippen molar-refractivity contribution in [1.82, 2.24) is 4.98 Å². The van der Waals surface area contributed by atoms with Gasteiger partial charge in [0.2, 0.25) is 0 Å². The summed E-state index contributed by atoms with van der Waals surface area (Å²) >= 11 is 1.43. The zero-order valence-electron chi connectivity index (χ0n) is 14.1. The Morgan fingerprint density at radius 3 is 2.79 bits per heavy atom. The number of fused-ring (bicyclic) bond motifs is 1. The third-order valence-electron chi connectivity index (χ3n) is 4.37. The summed E-state index contributed by atoms with van der Waals surface area (Å²) in [5.74, 6) is -0.202. The number of amides is 1. The van der Waals surface area contributed by atoms with Crippen molar-refractivity contribution in [2.24, 2.45) is 5.92 Å². The number of aryl methyl sites for hydroxylation is 2. The second-order valence-corrected chi connectivity index (χ2v) is 7.54. The molecule has 1 aromatic heterocycles. The SMILES string of the molecule is Cc1cc(C)c2nc(NC(=O)COC(=O)CC3CCCC3)sc2c1. The molecular formula is C18H22N2O3S. The molecule has 0 radical (unpaired) electrons. The number of aromatic nitrogens is 1. The lowest BCUT2D eigenvalue weighted by atomic mass is 10.1. The summed E-state index contributed by atoms with van der Waals surface area (Å²) in [5, 5.41) is 3.26. The standard InChI is InChI=1S/C18H22N2O3S/c1-11-7-12(2)17-14(8-11)24-18(20-17)19-15(21)10-23-16(22)9-13-5-3-4-6-13/h7-8,13H,3-6,9-10H2,1-2H3,(H,19,20,21). The maximum absolute atomic E-state index is 12.0. The monoisotopic (exact) mass is 346 g/mol. The second-order valence-electron chi connectivity index (χ2n) is 6.51. The molecule has 0 bridgehead atoms. The summed E-state index contributed by atoms with van der Waals surface area (Å²) in [6.45, 7) is 3.79. The topological polar surface area (TPSA) is 68.3 Å². The molecule has 1 amide bonds. The molecule has 3 rings (SSSR count). The molecule has 24 heavy (non-hydrogen) atoms. The zero-order valence-corrected chi connectivity index (χ0v) is 14.9. The number of benzene rings is 1. The van der Waals surface area contributed by atoms with Gasteiger partial charge in [0.1, 0.15) is 0 Å². The zero-order chi connectivity index (χ0) is 17.1. The summed E-state index contributed by atoms with van der Waals surface area (Å²) in [6.07, 6.45) is 4.98. The number of nitrogens with one attached hydrogen (secondary N) is 1. The van der Waals surface area contributed by atoms with Gasteiger partial charge < -0.3 is 4.74 Å². The highest BCUT2D eigenvalue weighted by molar-refractivity contribution is 7.22. The van der Waals surface area contributed by atoms with E-state index in [1.165, 1.54) is 29.7 Å². The Balaban J connectivity index is 1.53. The Bertz CT molecular complexity index is 763. The van der Waals surface area contributed by atoms with Crippen LogP contribution in [0.1, 0.15) is 43.2 Å². The van der Waals surface area contributed by atoms with Crippen molar-refractivity contribution in [3.05, 3.63) is 23.3 Å². The lowest BCUT2D eigenvalue weighted by molar-refractivity contribution is -0.148. The molecule has 0 spiro atoms. The molecule has 1 aliphatic carbocycles. The van der Waals surface area contributed by atoms with Crippen molar-refractivity contribution < 1.29 is 14.3 Å². The van der Waals surface area contributed by atoms with Gasteiger partial charge in [-0.1, -0.05) is 30.2 Å². The van der Waals surface area contributed by atoms with Gasteiger partial charge >= 0.3 is 5.97 Å². The number of carbonyl (C=O) groups is 2. The average Bonchev–Trinajstić information content (AvgIpc) is 3.14. The van der Waals surface area contributed by atoms with E-state index in [1.54, 1.807) is 0 Å². The van der Waals surface area contributed by atoms with E-state index in [-0.39, 0.29) is 18.5 Å². The number of carbonyl (C=O) groups excluding carboxylic acids is 2. The van der Waals surface area contributed by atoms with E-state index in [4.69, 9.17) is 4.74 Å². The van der Waals surface area contributed by atoms with Crippen LogP contribution < -0.4 is 5.32 Å². The molecule has 2 aromatic rings. The number of nitrogens with zero attached hydrogens (tertiary/aromatic N) is 1. The quantitative estimate of drug-likeness (QED) is 0.832. The molecule has 1 aromatic carbocycles. The Hall–Kier alpha value is -1.95. The molecule has 0 saturated heterocycles. The van der Waals surface area contributed by atoms with Gasteiger partial charge in [0.25, 0.3) is 5.91 Å². The van der Waals surface area contributed by atoms with Crippen LogP contribution in [0, 0.1) is 19.8 Å². The minimum absolute atomic E-state index is 0.251. The molecule has 1 saturated carbocycles. The molecule has 1 fully saturated rings. The third kappa shape index (κ3) is 4.12. The van der Waals surface area contributed by atoms with Gasteiger partial charge in [0, 0.05) is 6.42 Å². The normalized spacial score (nSPS) is 14.9. The highest BCUT2D eigenvalue weighted by atomic mass is 32.1. The molecule has 5 nitrogen and oxygen atoms in total. The van der Waals surface area contributed by atoms with E-state index in [2.05, 4.69) is 22.4 Å². The predicted octanol–water partition coefficient (Wildman–Crippen LogP) is 3.98. The van der Waals surface area contributed by atoms with Crippen molar-refractivity contribution >= 4 is 38.6 Å². The number of hydrogen-bond donors (Lipinski definition) is 1. The molecule has 128 valence electrons. The first-order valence-electron chi connectivity index (χ1n) is 8.34. The molecule has 0 atom stereocenters. The highest BCUT2D eigenvalue weighted by Crippen LogP contribution is 2.29. The molecular weight excluding hydrogens is 324 g/mol. The molecule has 0 unspecified atom stereocenters. The summed E-state index contributed by atoms with van der Waals surface area (Å²) in [5.41, 5.74) is 3.16. The first-order valence-corrected chi connectivity index (χ1v) is 9.16. The lowest BCUT2D eigenvalue weighted by Gasteiger charge is -2.08. The van der Waals surface area contributed by atoms with Crippen molar-refractivity contribution in [2.75, 3.05) is 11.9 Å². The Morgan fingerprint density at radius 2 is 2.04 bits per heavy atom. The van der Waals surface area contributed by atoms with Gasteiger partial charge in [-0.05, 0) is 49.8 Å². The fraction of sp³-hybridized carbons (Fsp3) is 0.500. The predicted molar refractivity (Wildman–Crippen MR) is 95.3 cm³/mol. The Kier molecular flexibility index (Phi) is 5.14. The number of hydrogen-bond acceptors (Lipinski definition) is 5. The minimum Gasteiger partial charge on any atom is -0.456 e. The number of rotatable bonds is 5. The summed E-state index contributed by atoms with van der Waals surface area (Å²) < 4.78 is 6.12. The Labute approximate surface area is 145 Å². The molecule has 6 heteroatoms. The van der Waals surface area contributed by atoms with Crippen LogP contribution in [0.25, 0.3) is 10.2 Å². The van der Waals surface area contributed by atoms with E-state index in [0.717, 1.165) is 28.6 Å². The van der Waals surface area contributed by atoms with Gasteiger partial charge in [-0.2, -0.15) is 0 Å². The van der Waals surface area contributed by atoms with Crippen LogP contribution in [-0.4, -0.2) is 23.5 Å². The second kappa shape index (κ2) is 7.30. The van der Waals surface area contributed by atoms with E-state index in [9.17, 15) is 9.59 Å². The number of thiazole rings is 1. The maximum Gasteiger partial charge on any atom is 0.306 e. The third-order valence-corrected chi connectivity index (χ3v) is 5.29. The Morgan fingerprint density at radius 1 is 1.29 bits per heavy atom. The van der Waals surface area contributed by atoms with Crippen LogP contribution in [0.5, 0.6) is 0 Å². The first kappa shape index (κ1) is 16.9. The smallest absolute Gasteiger partial charge is 0.306 e. The van der Waals surface area contributed by atoms with E-state index < -0.39 is 0 Å². The van der Waals surface area contributed by atoms with Crippen molar-refractivity contribution in [3.63, 3.8) is 0 Å². The summed E-state index contributed by atoms with van der Waals surface area (Å²) in [7, 11) is 0. The first-order chi connectivity index (χ1) is 11.5. The highest BCUT2D eigenvalue weighted by Gasteiger charge is 2.20. The van der Waals surface area contributed by atoms with E-state index in [0.29, 0.717) is 17.5 Å². The van der Waals surface area contributed by atoms with Gasteiger partial charge in [0.05, 0.1) is 10.2 Å². The maximum atomic E-state index is 12.0. The van der Waals surface area contributed by atoms with Crippen molar-refractivity contribution in [1.29, 1.82) is 0 Å². The number of ether oxygens (including phenoxy) is 1. The van der Waals surface area contributed by atoms with Crippen molar-refractivity contribution in [2.45, 2.75) is 46.0 Å². The molecule has 1 N–H and O–H groups in total. The summed E-state index contributed by atoms with van der Waals surface area (Å²) in [6, 6.07) is 4.12. The van der Waals surface area contributed by atoms with Crippen LogP contribution in [0.3, 0.4) is 0 Å². The number of esters is 1. The van der Waals surface area contributed by atoms with Gasteiger partial charge in [-0.25, -0.2) is 4.98 Å². The van der Waals surface area contributed by atoms with Crippen LogP contribution in [-0.2, 0) is 14.3 Å². The van der Waals surface area contributed by atoms with Gasteiger partial charge in [-0.3, -0.25) is 14.9 Å². The minimum atomic E-state index is -0.344. The van der Waals surface area contributed by atoms with Crippen molar-refractivity contribution in [3.8, 4) is 0 Å². The fourth-order valence-electron chi connectivity index (χ4n) is 3.23. The summed E-state index contributed by atoms with van der Waals surface area (Å²) in [4.78, 5) is 28.2. The van der Waals surface area contributed by atoms with Gasteiger partial charge in [0.15, 0.2) is 11.7 Å². The lowest BCUT2D eigenvalue weighted by Crippen LogP contribution is -2.21. The van der Waals surface area contributed by atoms with Crippen LogP contribution >= 0.6 is 11.3 Å². The van der Waals surface area contributed by atoms with Crippen LogP contribution in [0.15, 0.2) is 12.1 Å². The van der Waals surface area contributed by atoms with Gasteiger partial charge in [-0.15, -0.1) is 0 Å². The number of anilines is 1. The van der Waals surface area contributed by atoms with E-state index >= 15 is 0 Å². The molecule has 0 aliphatic heterocycles. The molecule has 1 heterocycles. The molecule has 1 aliphatic rings. The largest absolute Gasteiger partial charge is 0.456 e. The van der Waals surface area contributed by atoms with Crippen LogP contribution in [0.2, 0.25) is 0 Å². The average molecular weight is 346 g/mol. The van der Waals surface area contributed by atoms with Crippen LogP contribution in [0.4, 0.5) is 5.13 Å².